The van der Waals surface area contributed by atoms with Crippen molar-refractivity contribution in [2.75, 3.05) is 13.2 Å². The number of carbonyl (C=O) groups is 1. The minimum Gasteiger partial charge on any atom is -0.396 e. The predicted octanol–water partition coefficient (Wildman–Crippen LogP) is 2.57. The Hall–Kier alpha value is -0.870. The maximum Gasteiger partial charge on any atom is 0.251 e. The molecule has 1 aliphatic carbocycles. The van der Waals surface area contributed by atoms with Gasteiger partial charge in [0.05, 0.1) is 6.61 Å². The van der Waals surface area contributed by atoms with Gasteiger partial charge in [-0.1, -0.05) is 15.9 Å². The summed E-state index contributed by atoms with van der Waals surface area (Å²) < 4.78 is 1.02. The number of carbonyl (C=O) groups excluding carboxylic acids is 1. The Morgan fingerprint density at radius 3 is 2.61 bits per heavy atom. The van der Waals surface area contributed by atoms with Crippen molar-refractivity contribution in [3.05, 3.63) is 33.3 Å². The smallest absolute Gasteiger partial charge is 0.251 e. The van der Waals surface area contributed by atoms with E-state index in [1.807, 2.05) is 26.0 Å². The van der Waals surface area contributed by atoms with Crippen molar-refractivity contribution in [1.82, 2.24) is 5.32 Å². The van der Waals surface area contributed by atoms with E-state index in [0.29, 0.717) is 12.1 Å². The van der Waals surface area contributed by atoms with Crippen LogP contribution in [0.4, 0.5) is 0 Å². The summed E-state index contributed by atoms with van der Waals surface area (Å²) in [6.45, 7) is 4.62. The maximum absolute atomic E-state index is 12.1. The van der Waals surface area contributed by atoms with E-state index in [9.17, 15) is 9.90 Å². The fourth-order valence-corrected chi connectivity index (χ4v) is 2.41. The van der Waals surface area contributed by atoms with E-state index in [4.69, 9.17) is 0 Å². The van der Waals surface area contributed by atoms with E-state index in [1.165, 1.54) is 0 Å². The first kappa shape index (κ1) is 13.6. The largest absolute Gasteiger partial charge is 0.396 e. The van der Waals surface area contributed by atoms with Crippen LogP contribution in [0.15, 0.2) is 16.6 Å². The van der Waals surface area contributed by atoms with E-state index in [-0.39, 0.29) is 17.9 Å². The van der Waals surface area contributed by atoms with Crippen molar-refractivity contribution in [2.45, 2.75) is 26.7 Å². The highest BCUT2D eigenvalue weighted by Crippen LogP contribution is 2.44. The SMILES string of the molecule is Cc1cc(C(=O)NCC2(CO)CC2)c(C)cc1Br. The summed E-state index contributed by atoms with van der Waals surface area (Å²) in [7, 11) is 0. The van der Waals surface area contributed by atoms with E-state index in [0.717, 1.165) is 28.4 Å². The second kappa shape index (κ2) is 5.02. The summed E-state index contributed by atoms with van der Waals surface area (Å²) >= 11 is 3.46. The Labute approximate surface area is 116 Å². The number of amides is 1. The van der Waals surface area contributed by atoms with Gasteiger partial charge < -0.3 is 10.4 Å². The molecule has 1 aromatic rings. The van der Waals surface area contributed by atoms with Crippen molar-refractivity contribution in [1.29, 1.82) is 0 Å². The molecule has 1 amide bonds. The molecule has 0 heterocycles. The number of aliphatic hydroxyl groups excluding tert-OH is 1. The van der Waals surface area contributed by atoms with Crippen LogP contribution < -0.4 is 5.32 Å². The van der Waals surface area contributed by atoms with Gasteiger partial charge in [-0.2, -0.15) is 0 Å². The monoisotopic (exact) mass is 311 g/mol. The van der Waals surface area contributed by atoms with Crippen LogP contribution in [0.1, 0.15) is 34.3 Å². The quantitative estimate of drug-likeness (QED) is 0.898. The van der Waals surface area contributed by atoms with Crippen LogP contribution >= 0.6 is 15.9 Å². The Morgan fingerprint density at radius 1 is 1.39 bits per heavy atom. The van der Waals surface area contributed by atoms with Gasteiger partial charge in [0.15, 0.2) is 0 Å². The summed E-state index contributed by atoms with van der Waals surface area (Å²) in [6.07, 6.45) is 2.00. The number of hydrogen-bond donors (Lipinski definition) is 2. The highest BCUT2D eigenvalue weighted by atomic mass is 79.9. The van der Waals surface area contributed by atoms with E-state index < -0.39 is 0 Å². The first-order valence-electron chi connectivity index (χ1n) is 6.13. The fourth-order valence-electron chi connectivity index (χ4n) is 1.96. The topological polar surface area (TPSA) is 49.3 Å². The molecule has 0 saturated heterocycles. The lowest BCUT2D eigenvalue weighted by molar-refractivity contribution is 0.0934. The molecule has 0 radical (unpaired) electrons. The average Bonchev–Trinajstić information content (AvgIpc) is 3.11. The van der Waals surface area contributed by atoms with Gasteiger partial charge in [0.1, 0.15) is 0 Å². The first-order chi connectivity index (χ1) is 8.47. The van der Waals surface area contributed by atoms with Gasteiger partial charge in [0, 0.05) is 22.0 Å². The third-order valence-electron chi connectivity index (χ3n) is 3.67. The zero-order valence-electron chi connectivity index (χ0n) is 10.7. The molecule has 0 atom stereocenters. The van der Waals surface area contributed by atoms with Crippen LogP contribution in [0.3, 0.4) is 0 Å². The minimum atomic E-state index is -0.0529. The van der Waals surface area contributed by atoms with Crippen molar-refractivity contribution < 1.29 is 9.90 Å². The van der Waals surface area contributed by atoms with Crippen molar-refractivity contribution in [3.8, 4) is 0 Å². The zero-order chi connectivity index (χ0) is 13.3. The standard InChI is InChI=1S/C14H18BrNO2/c1-9-6-12(15)10(2)5-11(9)13(18)16-7-14(8-17)3-4-14/h5-6,17H,3-4,7-8H2,1-2H3,(H,16,18). The molecule has 0 aromatic heterocycles. The van der Waals surface area contributed by atoms with Gasteiger partial charge in [0.25, 0.3) is 5.91 Å². The second-order valence-corrected chi connectivity index (χ2v) is 6.11. The van der Waals surface area contributed by atoms with E-state index >= 15 is 0 Å². The Morgan fingerprint density at radius 2 is 2.06 bits per heavy atom. The molecule has 0 spiro atoms. The Bertz CT molecular complexity index is 481. The minimum absolute atomic E-state index is 0.0476. The van der Waals surface area contributed by atoms with Crippen molar-refractivity contribution in [2.24, 2.45) is 5.41 Å². The number of benzene rings is 1. The summed E-state index contributed by atoms with van der Waals surface area (Å²) in [5.74, 6) is -0.0529. The molecule has 0 bridgehead atoms. The predicted molar refractivity (Wildman–Crippen MR) is 74.7 cm³/mol. The number of nitrogens with one attached hydrogen (secondary N) is 1. The van der Waals surface area contributed by atoms with E-state index in [1.54, 1.807) is 0 Å². The van der Waals surface area contributed by atoms with Gasteiger partial charge in [-0.3, -0.25) is 4.79 Å². The molecule has 0 aliphatic heterocycles. The molecular formula is C14H18BrNO2. The van der Waals surface area contributed by atoms with Crippen molar-refractivity contribution >= 4 is 21.8 Å². The Balaban J connectivity index is 2.07. The third kappa shape index (κ3) is 2.75. The number of halogens is 1. The van der Waals surface area contributed by atoms with Crippen LogP contribution in [0, 0.1) is 19.3 Å². The summed E-state index contributed by atoms with van der Waals surface area (Å²) in [5.41, 5.74) is 2.67. The molecule has 2 N–H and O–H groups in total. The van der Waals surface area contributed by atoms with Crippen LogP contribution in [-0.4, -0.2) is 24.2 Å². The van der Waals surface area contributed by atoms with Gasteiger partial charge >= 0.3 is 0 Å². The lowest BCUT2D eigenvalue weighted by atomic mass is 10.0. The normalized spacial score (nSPS) is 16.4. The number of aliphatic hydroxyl groups is 1. The lowest BCUT2D eigenvalue weighted by Crippen LogP contribution is -2.32. The van der Waals surface area contributed by atoms with Crippen LogP contribution in [0.25, 0.3) is 0 Å². The maximum atomic E-state index is 12.1. The van der Waals surface area contributed by atoms with Gasteiger partial charge in [-0.25, -0.2) is 0 Å². The van der Waals surface area contributed by atoms with E-state index in [2.05, 4.69) is 21.2 Å². The van der Waals surface area contributed by atoms with Gasteiger partial charge in [-0.05, 0) is 49.9 Å². The highest BCUT2D eigenvalue weighted by molar-refractivity contribution is 9.10. The number of aryl methyl sites for hydroxylation is 2. The van der Waals surface area contributed by atoms with Gasteiger partial charge in [-0.15, -0.1) is 0 Å². The molecule has 1 aliphatic rings. The number of rotatable bonds is 4. The first-order valence-corrected chi connectivity index (χ1v) is 6.92. The second-order valence-electron chi connectivity index (χ2n) is 5.26. The summed E-state index contributed by atoms with van der Waals surface area (Å²) in [6, 6.07) is 3.86. The van der Waals surface area contributed by atoms with Crippen LogP contribution in [0.5, 0.6) is 0 Å². The van der Waals surface area contributed by atoms with Crippen LogP contribution in [-0.2, 0) is 0 Å². The molecule has 4 heteroatoms. The third-order valence-corrected chi connectivity index (χ3v) is 4.52. The zero-order valence-corrected chi connectivity index (χ0v) is 12.3. The summed E-state index contributed by atoms with van der Waals surface area (Å²) in [4.78, 5) is 12.1. The molecular weight excluding hydrogens is 294 g/mol. The molecule has 3 nitrogen and oxygen atoms in total. The fraction of sp³-hybridized carbons (Fsp3) is 0.500. The molecule has 1 aromatic carbocycles. The summed E-state index contributed by atoms with van der Waals surface area (Å²) in [5, 5.41) is 12.1. The average molecular weight is 312 g/mol. The molecule has 0 unspecified atom stereocenters. The highest BCUT2D eigenvalue weighted by Gasteiger charge is 2.42. The van der Waals surface area contributed by atoms with Gasteiger partial charge in [0.2, 0.25) is 0 Å². The molecule has 18 heavy (non-hydrogen) atoms. The molecule has 1 saturated carbocycles. The lowest BCUT2D eigenvalue weighted by Gasteiger charge is -2.14. The molecule has 98 valence electrons. The number of hydrogen-bond acceptors (Lipinski definition) is 2. The molecule has 2 rings (SSSR count). The van der Waals surface area contributed by atoms with Crippen LogP contribution in [0.2, 0.25) is 0 Å². The Kier molecular flexibility index (Phi) is 3.78. The van der Waals surface area contributed by atoms with Crippen molar-refractivity contribution in [3.63, 3.8) is 0 Å². The molecule has 1 fully saturated rings.